The average Bonchev–Trinajstić information content (AvgIpc) is 2.92. The highest BCUT2D eigenvalue weighted by Crippen LogP contribution is 2.37. The van der Waals surface area contributed by atoms with Crippen molar-refractivity contribution in [3.8, 4) is 5.75 Å². The summed E-state index contributed by atoms with van der Waals surface area (Å²) in [5.74, 6) is 0.734. The Morgan fingerprint density at radius 2 is 2.20 bits per heavy atom. The van der Waals surface area contributed by atoms with Crippen molar-refractivity contribution in [1.29, 1.82) is 0 Å². The smallest absolute Gasteiger partial charge is 0.355 e. The van der Waals surface area contributed by atoms with Gasteiger partial charge in [0.15, 0.2) is 5.58 Å². The van der Waals surface area contributed by atoms with Gasteiger partial charge in [0.05, 0.1) is 11.5 Å². The van der Waals surface area contributed by atoms with Crippen LogP contribution in [-0.4, -0.2) is 18.9 Å². The summed E-state index contributed by atoms with van der Waals surface area (Å²) >= 11 is 5.96. The Labute approximate surface area is 118 Å². The Kier molecular flexibility index (Phi) is 2.35. The molecule has 0 N–H and O–H groups in total. The summed E-state index contributed by atoms with van der Waals surface area (Å²) in [5, 5.41) is 4.96. The molecule has 4 rings (SSSR count). The van der Waals surface area contributed by atoms with Gasteiger partial charge < -0.3 is 14.0 Å². The lowest BCUT2D eigenvalue weighted by atomic mass is 9.93. The Morgan fingerprint density at radius 1 is 1.35 bits per heavy atom. The third-order valence-electron chi connectivity index (χ3n) is 3.75. The topological polar surface area (TPSA) is 61.0 Å². The predicted octanol–water partition coefficient (Wildman–Crippen LogP) is 2.50. The maximum atomic E-state index is 11.8. The second-order valence-corrected chi connectivity index (χ2v) is 5.30. The maximum absolute atomic E-state index is 11.8. The number of rotatable bonds is 0. The molecule has 0 saturated carbocycles. The van der Waals surface area contributed by atoms with Crippen molar-refractivity contribution < 1.29 is 14.0 Å². The summed E-state index contributed by atoms with van der Waals surface area (Å²) in [7, 11) is 0. The minimum atomic E-state index is -0.549. The van der Waals surface area contributed by atoms with E-state index in [1.165, 1.54) is 0 Å². The highest BCUT2D eigenvalue weighted by atomic mass is 35.5. The first-order chi connectivity index (χ1) is 9.66. The lowest BCUT2D eigenvalue weighted by Crippen LogP contribution is -2.28. The van der Waals surface area contributed by atoms with E-state index in [1.54, 1.807) is 6.92 Å². The lowest BCUT2D eigenvalue weighted by molar-refractivity contribution is 0.137. The van der Waals surface area contributed by atoms with Crippen molar-refractivity contribution in [3.05, 3.63) is 38.7 Å². The van der Waals surface area contributed by atoms with Crippen molar-refractivity contribution in [2.45, 2.75) is 6.92 Å². The molecular weight excluding hydrogens is 282 g/mol. The molecule has 3 heterocycles. The summed E-state index contributed by atoms with van der Waals surface area (Å²) in [6, 6.07) is 3.69. The summed E-state index contributed by atoms with van der Waals surface area (Å²) < 4.78 is 11.1. The maximum Gasteiger partial charge on any atom is 0.355 e. The molecule has 0 bridgehead atoms. The van der Waals surface area contributed by atoms with E-state index in [2.05, 4.69) is 5.16 Å². The molecule has 0 fully saturated rings. The SMILES string of the molecule is Cc1c(Cl)c(=O)oc2c3c(ccc12)OCC1CON=C31. The van der Waals surface area contributed by atoms with Gasteiger partial charge in [0.1, 0.15) is 29.7 Å². The van der Waals surface area contributed by atoms with Crippen molar-refractivity contribution in [1.82, 2.24) is 0 Å². The largest absolute Gasteiger partial charge is 0.492 e. The molecule has 2 aliphatic rings. The van der Waals surface area contributed by atoms with Gasteiger partial charge in [-0.1, -0.05) is 16.8 Å². The van der Waals surface area contributed by atoms with E-state index in [4.69, 9.17) is 25.6 Å². The third-order valence-corrected chi connectivity index (χ3v) is 4.19. The Bertz CT molecular complexity index is 824. The number of nitrogens with zero attached hydrogens (tertiary/aromatic N) is 1. The van der Waals surface area contributed by atoms with E-state index < -0.39 is 5.63 Å². The third kappa shape index (κ3) is 1.44. The van der Waals surface area contributed by atoms with Crippen LogP contribution in [0.5, 0.6) is 5.75 Å². The highest BCUT2D eigenvalue weighted by Gasteiger charge is 2.34. The first kappa shape index (κ1) is 11.8. The van der Waals surface area contributed by atoms with Gasteiger partial charge in [-0.25, -0.2) is 4.79 Å². The van der Waals surface area contributed by atoms with Gasteiger partial charge in [-0.05, 0) is 24.6 Å². The Hall–Kier alpha value is -2.01. The number of aryl methyl sites for hydroxylation is 1. The molecule has 5 nitrogen and oxygen atoms in total. The molecule has 0 amide bonds. The van der Waals surface area contributed by atoms with Crippen molar-refractivity contribution in [2.75, 3.05) is 13.2 Å². The molecule has 0 radical (unpaired) electrons. The standard InChI is InChI=1S/C14H10ClNO4/c1-6-8-2-3-9-10(13(8)20-14(17)11(6)15)12-7(4-18-9)5-19-16-12/h2-3,7H,4-5H2,1H3. The molecule has 1 atom stereocenters. The zero-order valence-corrected chi connectivity index (χ0v) is 11.4. The van der Waals surface area contributed by atoms with Gasteiger partial charge >= 0.3 is 5.63 Å². The van der Waals surface area contributed by atoms with Crippen LogP contribution >= 0.6 is 11.6 Å². The Morgan fingerprint density at radius 3 is 3.05 bits per heavy atom. The zero-order valence-electron chi connectivity index (χ0n) is 10.6. The number of fused-ring (bicyclic) bond motifs is 5. The zero-order chi connectivity index (χ0) is 13.9. The van der Waals surface area contributed by atoms with Gasteiger partial charge in [-0.15, -0.1) is 0 Å². The average molecular weight is 292 g/mol. The van der Waals surface area contributed by atoms with E-state index in [-0.39, 0.29) is 10.9 Å². The van der Waals surface area contributed by atoms with Crippen LogP contribution in [-0.2, 0) is 4.84 Å². The van der Waals surface area contributed by atoms with E-state index >= 15 is 0 Å². The second-order valence-electron chi connectivity index (χ2n) is 4.92. The van der Waals surface area contributed by atoms with Crippen LogP contribution in [0.25, 0.3) is 11.0 Å². The second kappa shape index (κ2) is 3.99. The summed E-state index contributed by atoms with van der Waals surface area (Å²) in [4.78, 5) is 17.0. The fourth-order valence-electron chi connectivity index (χ4n) is 2.66. The quantitative estimate of drug-likeness (QED) is 0.700. The summed E-state index contributed by atoms with van der Waals surface area (Å²) in [5.41, 5.74) is 2.09. The molecule has 0 saturated heterocycles. The highest BCUT2D eigenvalue weighted by molar-refractivity contribution is 6.32. The molecule has 102 valence electrons. The number of oxime groups is 1. The monoisotopic (exact) mass is 291 g/mol. The minimum Gasteiger partial charge on any atom is -0.492 e. The van der Waals surface area contributed by atoms with E-state index in [0.717, 1.165) is 11.1 Å². The lowest BCUT2D eigenvalue weighted by Gasteiger charge is -2.22. The van der Waals surface area contributed by atoms with Crippen LogP contribution in [0.1, 0.15) is 11.1 Å². The van der Waals surface area contributed by atoms with E-state index in [9.17, 15) is 4.79 Å². The van der Waals surface area contributed by atoms with Gasteiger partial charge in [0.2, 0.25) is 0 Å². The fourth-order valence-corrected chi connectivity index (χ4v) is 2.80. The van der Waals surface area contributed by atoms with Crippen molar-refractivity contribution in [2.24, 2.45) is 11.1 Å². The number of ether oxygens (including phenoxy) is 1. The van der Waals surface area contributed by atoms with Crippen LogP contribution < -0.4 is 10.4 Å². The van der Waals surface area contributed by atoms with E-state index in [1.807, 2.05) is 12.1 Å². The summed E-state index contributed by atoms with van der Waals surface area (Å²) in [6.07, 6.45) is 0. The van der Waals surface area contributed by atoms with Crippen LogP contribution in [0.2, 0.25) is 5.02 Å². The molecule has 0 aliphatic carbocycles. The molecule has 1 aromatic carbocycles. The molecule has 6 heteroatoms. The molecule has 0 spiro atoms. The molecule has 2 aromatic rings. The molecule has 20 heavy (non-hydrogen) atoms. The van der Waals surface area contributed by atoms with Gasteiger partial charge in [-0.2, -0.15) is 0 Å². The molecule has 1 unspecified atom stereocenters. The van der Waals surface area contributed by atoms with Gasteiger partial charge in [0, 0.05) is 5.39 Å². The van der Waals surface area contributed by atoms with Gasteiger partial charge in [0.25, 0.3) is 0 Å². The van der Waals surface area contributed by atoms with Gasteiger partial charge in [-0.3, -0.25) is 0 Å². The predicted molar refractivity (Wildman–Crippen MR) is 73.7 cm³/mol. The number of hydrogen-bond donors (Lipinski definition) is 0. The van der Waals surface area contributed by atoms with Crippen molar-refractivity contribution in [3.63, 3.8) is 0 Å². The van der Waals surface area contributed by atoms with Crippen LogP contribution in [0.4, 0.5) is 0 Å². The number of halogens is 1. The van der Waals surface area contributed by atoms with Crippen molar-refractivity contribution >= 4 is 28.3 Å². The van der Waals surface area contributed by atoms with Crippen LogP contribution in [0.3, 0.4) is 0 Å². The minimum absolute atomic E-state index is 0.0781. The normalized spacial score (nSPS) is 19.9. The van der Waals surface area contributed by atoms with Crippen LogP contribution in [0.15, 0.2) is 26.5 Å². The Balaban J connectivity index is 2.14. The first-order valence-corrected chi connectivity index (χ1v) is 6.63. The number of benzene rings is 1. The molecule has 2 aliphatic heterocycles. The molecular formula is C14H10ClNO4. The number of hydrogen-bond acceptors (Lipinski definition) is 5. The summed E-state index contributed by atoms with van der Waals surface area (Å²) in [6.45, 7) is 2.80. The van der Waals surface area contributed by atoms with E-state index in [0.29, 0.717) is 35.7 Å². The molecule has 1 aromatic heterocycles. The fraction of sp³-hybridized carbons (Fsp3) is 0.286. The first-order valence-electron chi connectivity index (χ1n) is 6.25. The van der Waals surface area contributed by atoms with Crippen LogP contribution in [0, 0.1) is 12.8 Å².